The molecule has 2 aliphatic heterocycles. The fraction of sp³-hybridized carbons (Fsp3) is 0.138. The number of anilines is 6. The summed E-state index contributed by atoms with van der Waals surface area (Å²) in [5.41, 5.74) is 17.3. The fourth-order valence-corrected chi connectivity index (χ4v) is 11.2. The Morgan fingerprint density at radius 3 is 1.37 bits per heavy atom. The molecule has 298 valence electrons. The molecule has 62 heavy (non-hydrogen) atoms. The molecule has 0 N–H and O–H groups in total. The van der Waals surface area contributed by atoms with Crippen molar-refractivity contribution in [3.05, 3.63) is 193 Å². The maximum absolute atomic E-state index is 2.62. The SMILES string of the molecule is CC(C)(C)c1c(N2c3ccccc3B3c4ccc(-n5c6ccccc6c6ccccc65)cc4N(c4ccc5ccccc5c4C(C)(C)C)c4cccc2c43)ccc2ccccc12. The van der Waals surface area contributed by atoms with Crippen LogP contribution in [-0.2, 0) is 10.8 Å². The summed E-state index contributed by atoms with van der Waals surface area (Å²) in [6.07, 6.45) is 0. The van der Waals surface area contributed by atoms with Crippen LogP contribution >= 0.6 is 0 Å². The molecule has 10 aromatic rings. The molecule has 3 nitrogen and oxygen atoms in total. The number of benzene rings is 9. The Morgan fingerprint density at radius 2 is 0.806 bits per heavy atom. The molecule has 0 saturated heterocycles. The minimum Gasteiger partial charge on any atom is -0.311 e. The summed E-state index contributed by atoms with van der Waals surface area (Å²) in [4.78, 5) is 5.20. The Kier molecular flexibility index (Phi) is 7.85. The van der Waals surface area contributed by atoms with Crippen LogP contribution in [0.2, 0.25) is 0 Å². The maximum atomic E-state index is 2.62. The van der Waals surface area contributed by atoms with Crippen molar-refractivity contribution in [3.8, 4) is 5.69 Å². The van der Waals surface area contributed by atoms with Crippen LogP contribution in [0.1, 0.15) is 52.7 Å². The van der Waals surface area contributed by atoms with Gasteiger partial charge in [-0.15, -0.1) is 0 Å². The third kappa shape index (κ3) is 5.26. The lowest BCUT2D eigenvalue weighted by Gasteiger charge is -2.46. The molecule has 12 rings (SSSR count). The standard InChI is InChI=1S/C58H48BN3/c1-57(2,3)54-40-20-9-7-18-37(40)30-34-49(54)61-48-27-16-13-24-44(48)59-45-33-32-39(60-46-25-14-11-22-42(46)43-23-12-15-26-47(43)60)36-53(45)62(52-29-17-28-51(61)56(52)59)50-35-31-38-19-8-10-21-41(38)55(50)58(4,5)6/h7-36H,1-6H3. The topological polar surface area (TPSA) is 11.4 Å². The maximum Gasteiger partial charge on any atom is 0.252 e. The lowest BCUT2D eigenvalue weighted by Crippen LogP contribution is -2.61. The third-order valence-corrected chi connectivity index (χ3v) is 13.5. The molecule has 0 bridgehead atoms. The van der Waals surface area contributed by atoms with E-state index in [1.165, 1.54) is 105 Å². The Morgan fingerprint density at radius 1 is 0.355 bits per heavy atom. The van der Waals surface area contributed by atoms with Gasteiger partial charge in [0.2, 0.25) is 0 Å². The van der Waals surface area contributed by atoms with E-state index in [4.69, 9.17) is 0 Å². The normalized spacial score (nSPS) is 13.5. The molecule has 0 unspecified atom stereocenters. The molecule has 0 amide bonds. The van der Waals surface area contributed by atoms with Crippen molar-refractivity contribution in [2.45, 2.75) is 52.4 Å². The summed E-state index contributed by atoms with van der Waals surface area (Å²) < 4.78 is 2.46. The molecular formula is C58H48BN3. The zero-order chi connectivity index (χ0) is 42.1. The number of rotatable bonds is 3. The summed E-state index contributed by atoms with van der Waals surface area (Å²) >= 11 is 0. The minimum absolute atomic E-state index is 0.0178. The van der Waals surface area contributed by atoms with Gasteiger partial charge in [0.05, 0.1) is 22.4 Å². The lowest BCUT2D eigenvalue weighted by atomic mass is 9.33. The molecule has 0 saturated carbocycles. The summed E-state index contributed by atoms with van der Waals surface area (Å²) in [6.45, 7) is 14.2. The predicted octanol–water partition coefficient (Wildman–Crippen LogP) is 13.8. The van der Waals surface area contributed by atoms with E-state index < -0.39 is 0 Å². The molecule has 0 radical (unpaired) electrons. The highest BCUT2D eigenvalue weighted by Crippen LogP contribution is 2.50. The van der Waals surface area contributed by atoms with Gasteiger partial charge in [0.25, 0.3) is 6.71 Å². The van der Waals surface area contributed by atoms with Gasteiger partial charge in [0, 0.05) is 39.2 Å². The first kappa shape index (κ1) is 36.8. The lowest BCUT2D eigenvalue weighted by molar-refractivity contribution is 0.596. The number of hydrogen-bond acceptors (Lipinski definition) is 2. The van der Waals surface area contributed by atoms with Gasteiger partial charge in [0.1, 0.15) is 0 Å². The first-order chi connectivity index (χ1) is 30.1. The number of para-hydroxylation sites is 3. The van der Waals surface area contributed by atoms with Crippen molar-refractivity contribution in [2.24, 2.45) is 0 Å². The van der Waals surface area contributed by atoms with Crippen molar-refractivity contribution in [3.63, 3.8) is 0 Å². The highest BCUT2D eigenvalue weighted by molar-refractivity contribution is 7.00. The van der Waals surface area contributed by atoms with Crippen LogP contribution < -0.4 is 26.2 Å². The third-order valence-electron chi connectivity index (χ3n) is 13.5. The van der Waals surface area contributed by atoms with Crippen molar-refractivity contribution in [2.75, 3.05) is 9.80 Å². The number of nitrogens with zero attached hydrogens (tertiary/aromatic N) is 3. The molecule has 1 aromatic heterocycles. The summed E-state index contributed by atoms with van der Waals surface area (Å²) in [7, 11) is 0. The largest absolute Gasteiger partial charge is 0.311 e. The second kappa shape index (κ2) is 13.2. The second-order valence-electron chi connectivity index (χ2n) is 19.3. The average Bonchev–Trinajstić information content (AvgIpc) is 3.62. The smallest absolute Gasteiger partial charge is 0.252 e. The van der Waals surface area contributed by atoms with E-state index in [1.54, 1.807) is 0 Å². The summed E-state index contributed by atoms with van der Waals surface area (Å²) in [5, 5.41) is 7.66. The highest BCUT2D eigenvalue weighted by atomic mass is 15.2. The molecule has 0 spiro atoms. The van der Waals surface area contributed by atoms with E-state index in [9.17, 15) is 0 Å². The van der Waals surface area contributed by atoms with Crippen LogP contribution in [0, 0.1) is 0 Å². The van der Waals surface area contributed by atoms with Gasteiger partial charge in [0.15, 0.2) is 0 Å². The molecule has 3 heterocycles. The minimum atomic E-state index is -0.155. The molecule has 0 fully saturated rings. The van der Waals surface area contributed by atoms with Crippen LogP contribution in [-0.4, -0.2) is 11.3 Å². The summed E-state index contributed by atoms with van der Waals surface area (Å²) in [6, 6.07) is 68.3. The van der Waals surface area contributed by atoms with Gasteiger partial charge >= 0.3 is 0 Å². The molecule has 4 heteroatoms. The van der Waals surface area contributed by atoms with Gasteiger partial charge in [-0.25, -0.2) is 0 Å². The van der Waals surface area contributed by atoms with Gasteiger partial charge in [-0.2, -0.15) is 0 Å². The Hall–Kier alpha value is -7.04. The van der Waals surface area contributed by atoms with Gasteiger partial charge < -0.3 is 14.4 Å². The summed E-state index contributed by atoms with van der Waals surface area (Å²) in [5.74, 6) is 0. The van der Waals surface area contributed by atoms with E-state index in [0.29, 0.717) is 0 Å². The van der Waals surface area contributed by atoms with E-state index in [0.717, 1.165) is 5.69 Å². The van der Waals surface area contributed by atoms with Crippen LogP contribution in [0.4, 0.5) is 34.1 Å². The first-order valence-electron chi connectivity index (χ1n) is 22.1. The quantitative estimate of drug-likeness (QED) is 0.165. The Bertz CT molecular complexity index is 3420. The highest BCUT2D eigenvalue weighted by Gasteiger charge is 2.44. The van der Waals surface area contributed by atoms with Crippen molar-refractivity contribution in [1.29, 1.82) is 0 Å². The molecule has 0 aliphatic carbocycles. The van der Waals surface area contributed by atoms with Crippen LogP contribution in [0.15, 0.2) is 182 Å². The molecular weight excluding hydrogens is 749 g/mol. The fourth-order valence-electron chi connectivity index (χ4n) is 11.2. The van der Waals surface area contributed by atoms with Crippen LogP contribution in [0.5, 0.6) is 0 Å². The van der Waals surface area contributed by atoms with E-state index >= 15 is 0 Å². The van der Waals surface area contributed by atoms with Gasteiger partial charge in [-0.3, -0.25) is 0 Å². The van der Waals surface area contributed by atoms with E-state index in [1.807, 2.05) is 0 Å². The number of hydrogen-bond donors (Lipinski definition) is 0. The average molecular weight is 798 g/mol. The van der Waals surface area contributed by atoms with Crippen molar-refractivity contribution >= 4 is 101 Å². The Labute approximate surface area is 364 Å². The predicted molar refractivity (Wildman–Crippen MR) is 267 cm³/mol. The number of aromatic nitrogens is 1. The van der Waals surface area contributed by atoms with Crippen molar-refractivity contribution in [1.82, 2.24) is 4.57 Å². The van der Waals surface area contributed by atoms with Gasteiger partial charge in [-0.1, -0.05) is 169 Å². The monoisotopic (exact) mass is 797 g/mol. The van der Waals surface area contributed by atoms with E-state index in [2.05, 4.69) is 238 Å². The van der Waals surface area contributed by atoms with E-state index in [-0.39, 0.29) is 17.5 Å². The zero-order valence-electron chi connectivity index (χ0n) is 36.2. The van der Waals surface area contributed by atoms with Crippen molar-refractivity contribution < 1.29 is 0 Å². The van der Waals surface area contributed by atoms with Crippen LogP contribution in [0.3, 0.4) is 0 Å². The molecule has 0 atom stereocenters. The number of fused-ring (bicyclic) bond motifs is 9. The van der Waals surface area contributed by atoms with Crippen LogP contribution in [0.25, 0.3) is 49.0 Å². The van der Waals surface area contributed by atoms with Gasteiger partial charge in [-0.05, 0) is 114 Å². The first-order valence-corrected chi connectivity index (χ1v) is 22.1. The molecule has 9 aromatic carbocycles. The Balaban J connectivity index is 1.19. The zero-order valence-corrected chi connectivity index (χ0v) is 36.2. The second-order valence-corrected chi connectivity index (χ2v) is 19.3. The molecule has 2 aliphatic rings.